The maximum absolute atomic E-state index is 4.65. The first-order valence-electron chi connectivity index (χ1n) is 8.58. The van der Waals surface area contributed by atoms with Crippen molar-refractivity contribution in [3.8, 4) is 0 Å². The fourth-order valence-electron chi connectivity index (χ4n) is 3.46. The van der Waals surface area contributed by atoms with Gasteiger partial charge in [0.15, 0.2) is 0 Å². The van der Waals surface area contributed by atoms with E-state index in [-0.39, 0.29) is 0 Å². The second-order valence-electron chi connectivity index (χ2n) is 6.35. The molecule has 0 radical (unpaired) electrons. The standard InChI is InChI=1S/C19H27N3/c1-3-21-15-12-20-19(21)18-6-4-5-13-22(18)14-11-17-9-7-16(2)8-10-17/h7-10,12,15,18H,3-6,11,13-14H2,1-2H3/t18-/m0/s1. The summed E-state index contributed by atoms with van der Waals surface area (Å²) in [5, 5.41) is 0. The summed E-state index contributed by atoms with van der Waals surface area (Å²) in [6.45, 7) is 7.69. The number of benzene rings is 1. The zero-order chi connectivity index (χ0) is 15.4. The van der Waals surface area contributed by atoms with Crippen LogP contribution in [0.25, 0.3) is 0 Å². The molecule has 1 saturated heterocycles. The molecular formula is C19H27N3. The lowest BCUT2D eigenvalue weighted by atomic mass is 10.00. The van der Waals surface area contributed by atoms with Crippen LogP contribution in [-0.2, 0) is 13.0 Å². The molecule has 2 aromatic rings. The van der Waals surface area contributed by atoms with E-state index in [9.17, 15) is 0 Å². The molecule has 3 nitrogen and oxygen atoms in total. The molecule has 0 amide bonds. The number of hydrogen-bond donors (Lipinski definition) is 0. The summed E-state index contributed by atoms with van der Waals surface area (Å²) in [6.07, 6.45) is 9.07. The van der Waals surface area contributed by atoms with E-state index >= 15 is 0 Å². The summed E-state index contributed by atoms with van der Waals surface area (Å²) in [5.41, 5.74) is 2.78. The molecule has 0 spiro atoms. The van der Waals surface area contributed by atoms with E-state index in [4.69, 9.17) is 0 Å². The van der Waals surface area contributed by atoms with Gasteiger partial charge in [0.25, 0.3) is 0 Å². The third-order valence-corrected chi connectivity index (χ3v) is 4.81. The van der Waals surface area contributed by atoms with Crippen molar-refractivity contribution in [1.29, 1.82) is 0 Å². The van der Waals surface area contributed by atoms with Crippen LogP contribution >= 0.6 is 0 Å². The highest BCUT2D eigenvalue weighted by molar-refractivity contribution is 5.21. The van der Waals surface area contributed by atoms with Crippen LogP contribution in [-0.4, -0.2) is 27.5 Å². The lowest BCUT2D eigenvalue weighted by Gasteiger charge is -2.35. The number of nitrogens with zero attached hydrogens (tertiary/aromatic N) is 3. The SMILES string of the molecule is CCn1ccnc1[C@@H]1CCCCN1CCc1ccc(C)cc1. The van der Waals surface area contributed by atoms with Gasteiger partial charge in [0.05, 0.1) is 6.04 Å². The Bertz CT molecular complexity index is 585. The number of hydrogen-bond acceptors (Lipinski definition) is 2. The van der Waals surface area contributed by atoms with Crippen LogP contribution in [0.5, 0.6) is 0 Å². The first-order chi connectivity index (χ1) is 10.8. The highest BCUT2D eigenvalue weighted by atomic mass is 15.2. The molecule has 2 heterocycles. The minimum atomic E-state index is 0.495. The fourth-order valence-corrected chi connectivity index (χ4v) is 3.46. The maximum atomic E-state index is 4.65. The smallest absolute Gasteiger partial charge is 0.126 e. The molecule has 118 valence electrons. The van der Waals surface area contributed by atoms with E-state index in [1.165, 1.54) is 42.8 Å². The van der Waals surface area contributed by atoms with E-state index in [1.54, 1.807) is 0 Å². The Hall–Kier alpha value is -1.61. The molecule has 1 aromatic carbocycles. The molecule has 3 rings (SSSR count). The lowest BCUT2D eigenvalue weighted by Crippen LogP contribution is -2.36. The zero-order valence-corrected chi connectivity index (χ0v) is 13.8. The predicted octanol–water partition coefficient (Wildman–Crippen LogP) is 3.98. The Morgan fingerprint density at radius 3 is 2.77 bits per heavy atom. The monoisotopic (exact) mass is 297 g/mol. The normalized spacial score (nSPS) is 19.5. The van der Waals surface area contributed by atoms with Gasteiger partial charge in [-0.3, -0.25) is 4.90 Å². The Labute approximate surface area is 134 Å². The topological polar surface area (TPSA) is 21.1 Å². The van der Waals surface area contributed by atoms with Gasteiger partial charge in [0, 0.05) is 25.5 Å². The second-order valence-corrected chi connectivity index (χ2v) is 6.35. The minimum Gasteiger partial charge on any atom is -0.334 e. The van der Waals surface area contributed by atoms with Gasteiger partial charge in [0.1, 0.15) is 5.82 Å². The molecule has 3 heteroatoms. The highest BCUT2D eigenvalue weighted by Gasteiger charge is 2.26. The van der Waals surface area contributed by atoms with Crippen molar-refractivity contribution in [2.75, 3.05) is 13.1 Å². The number of aromatic nitrogens is 2. The molecule has 0 unspecified atom stereocenters. The Balaban J connectivity index is 1.69. The molecule has 1 aromatic heterocycles. The Kier molecular flexibility index (Phi) is 4.94. The number of likely N-dealkylation sites (tertiary alicyclic amines) is 1. The van der Waals surface area contributed by atoms with Crippen molar-refractivity contribution in [2.24, 2.45) is 0 Å². The number of rotatable bonds is 5. The minimum absolute atomic E-state index is 0.495. The molecule has 22 heavy (non-hydrogen) atoms. The van der Waals surface area contributed by atoms with E-state index in [2.05, 4.69) is 58.8 Å². The summed E-state index contributed by atoms with van der Waals surface area (Å²) in [7, 11) is 0. The van der Waals surface area contributed by atoms with Gasteiger partial charge in [-0.15, -0.1) is 0 Å². The molecule has 0 aliphatic carbocycles. The fraction of sp³-hybridized carbons (Fsp3) is 0.526. The van der Waals surface area contributed by atoms with Gasteiger partial charge >= 0.3 is 0 Å². The van der Waals surface area contributed by atoms with Crippen molar-refractivity contribution in [3.63, 3.8) is 0 Å². The van der Waals surface area contributed by atoms with Crippen LogP contribution in [0.4, 0.5) is 0 Å². The van der Waals surface area contributed by atoms with Gasteiger partial charge in [0.2, 0.25) is 0 Å². The number of imidazole rings is 1. The first kappa shape index (κ1) is 15.3. The van der Waals surface area contributed by atoms with E-state index in [0.29, 0.717) is 6.04 Å². The van der Waals surface area contributed by atoms with Gasteiger partial charge < -0.3 is 4.57 Å². The van der Waals surface area contributed by atoms with Crippen LogP contribution in [0.15, 0.2) is 36.7 Å². The van der Waals surface area contributed by atoms with Crippen LogP contribution < -0.4 is 0 Å². The molecule has 0 N–H and O–H groups in total. The summed E-state index contributed by atoms with van der Waals surface area (Å²) in [5.74, 6) is 1.26. The summed E-state index contributed by atoms with van der Waals surface area (Å²) in [4.78, 5) is 7.29. The lowest BCUT2D eigenvalue weighted by molar-refractivity contribution is 0.140. The summed E-state index contributed by atoms with van der Waals surface area (Å²) in [6, 6.07) is 9.46. The van der Waals surface area contributed by atoms with Crippen molar-refractivity contribution in [2.45, 2.75) is 52.1 Å². The molecular weight excluding hydrogens is 270 g/mol. The average Bonchev–Trinajstić information content (AvgIpc) is 3.03. The second kappa shape index (κ2) is 7.10. The van der Waals surface area contributed by atoms with Crippen LogP contribution in [0, 0.1) is 6.92 Å². The third kappa shape index (κ3) is 3.41. The Morgan fingerprint density at radius 2 is 2.00 bits per heavy atom. The molecule has 1 aliphatic heterocycles. The van der Waals surface area contributed by atoms with E-state index < -0.39 is 0 Å². The van der Waals surface area contributed by atoms with Crippen LogP contribution in [0.1, 0.15) is 49.2 Å². The summed E-state index contributed by atoms with van der Waals surface area (Å²) >= 11 is 0. The van der Waals surface area contributed by atoms with E-state index in [0.717, 1.165) is 19.5 Å². The highest BCUT2D eigenvalue weighted by Crippen LogP contribution is 2.30. The van der Waals surface area contributed by atoms with Crippen LogP contribution in [0.2, 0.25) is 0 Å². The first-order valence-corrected chi connectivity index (χ1v) is 8.58. The van der Waals surface area contributed by atoms with Crippen molar-refractivity contribution >= 4 is 0 Å². The molecule has 0 saturated carbocycles. The quantitative estimate of drug-likeness (QED) is 0.832. The Morgan fingerprint density at radius 1 is 1.18 bits per heavy atom. The number of aryl methyl sites for hydroxylation is 2. The van der Waals surface area contributed by atoms with Gasteiger partial charge in [-0.05, 0) is 45.2 Å². The molecule has 0 bridgehead atoms. The maximum Gasteiger partial charge on any atom is 0.126 e. The average molecular weight is 297 g/mol. The van der Waals surface area contributed by atoms with Crippen molar-refractivity contribution in [1.82, 2.24) is 14.5 Å². The van der Waals surface area contributed by atoms with E-state index in [1.807, 2.05) is 6.20 Å². The zero-order valence-electron chi connectivity index (χ0n) is 13.8. The van der Waals surface area contributed by atoms with Gasteiger partial charge in [-0.2, -0.15) is 0 Å². The predicted molar refractivity (Wildman–Crippen MR) is 90.9 cm³/mol. The van der Waals surface area contributed by atoms with Gasteiger partial charge in [-0.1, -0.05) is 36.2 Å². The van der Waals surface area contributed by atoms with Crippen LogP contribution in [0.3, 0.4) is 0 Å². The third-order valence-electron chi connectivity index (χ3n) is 4.81. The molecule has 1 aliphatic rings. The largest absolute Gasteiger partial charge is 0.334 e. The van der Waals surface area contributed by atoms with Gasteiger partial charge in [-0.25, -0.2) is 4.98 Å². The molecule has 1 atom stereocenters. The number of piperidine rings is 1. The molecule has 1 fully saturated rings. The van der Waals surface area contributed by atoms with Crippen molar-refractivity contribution < 1.29 is 0 Å². The van der Waals surface area contributed by atoms with Crippen molar-refractivity contribution in [3.05, 3.63) is 53.6 Å². The summed E-state index contributed by atoms with van der Waals surface area (Å²) < 4.78 is 2.30.